The Labute approximate surface area is 55.6 Å². The zero-order valence-corrected chi connectivity index (χ0v) is 5.65. The van der Waals surface area contributed by atoms with Crippen LogP contribution in [0.25, 0.3) is 0 Å². The molecule has 9 heavy (non-hydrogen) atoms. The molecule has 0 radical (unpaired) electrons. The summed E-state index contributed by atoms with van der Waals surface area (Å²) in [7, 11) is 0. The first-order chi connectivity index (χ1) is 4.41. The predicted molar refractivity (Wildman–Crippen MR) is 35.4 cm³/mol. The van der Waals surface area contributed by atoms with E-state index >= 15 is 0 Å². The molecule has 1 spiro atoms. The number of nitrogens with one attached hydrogen (secondary N) is 1. The maximum atomic E-state index is 5.50. The minimum atomic E-state index is 0.290. The molecule has 2 heteroatoms. The molecule has 0 aromatic heterocycles. The van der Waals surface area contributed by atoms with Gasteiger partial charge in [-0.25, -0.2) is 0 Å². The largest absolute Gasteiger partial charge is 0.373 e. The van der Waals surface area contributed by atoms with E-state index in [0.717, 1.165) is 13.2 Å². The highest BCUT2D eigenvalue weighted by molar-refractivity contribution is 4.92. The van der Waals surface area contributed by atoms with Crippen LogP contribution in [0.1, 0.15) is 19.3 Å². The van der Waals surface area contributed by atoms with Gasteiger partial charge in [0, 0.05) is 13.0 Å². The summed E-state index contributed by atoms with van der Waals surface area (Å²) in [5.74, 6) is 0. The lowest BCUT2D eigenvalue weighted by atomic mass is 9.87. The van der Waals surface area contributed by atoms with Crippen molar-refractivity contribution in [2.75, 3.05) is 19.7 Å². The second-order valence-electron chi connectivity index (χ2n) is 3.06. The zero-order valence-electron chi connectivity index (χ0n) is 5.65. The number of piperidine rings is 1. The van der Waals surface area contributed by atoms with Gasteiger partial charge in [-0.2, -0.15) is 0 Å². The Kier molecular flexibility index (Phi) is 1.24. The summed E-state index contributed by atoms with van der Waals surface area (Å²) in [6.45, 7) is 3.26. The molecule has 2 fully saturated rings. The van der Waals surface area contributed by atoms with E-state index in [1.807, 2.05) is 0 Å². The standard InChI is InChI=1S/C7H13NO/c1-2-7(3-5-9-7)6-8-4-1/h8H,1-6H2/t7-/m1/s1. The lowest BCUT2D eigenvalue weighted by Crippen LogP contribution is -2.54. The molecular weight excluding hydrogens is 114 g/mol. The molecule has 0 aromatic carbocycles. The first-order valence-corrected chi connectivity index (χ1v) is 3.76. The second kappa shape index (κ2) is 1.96. The van der Waals surface area contributed by atoms with Crippen LogP contribution < -0.4 is 5.32 Å². The summed E-state index contributed by atoms with van der Waals surface area (Å²) in [5, 5.41) is 3.35. The smallest absolute Gasteiger partial charge is 0.0828 e. The third-order valence-corrected chi connectivity index (χ3v) is 2.40. The molecule has 52 valence electrons. The Morgan fingerprint density at radius 3 is 2.56 bits per heavy atom. The molecule has 1 atom stereocenters. The van der Waals surface area contributed by atoms with E-state index in [4.69, 9.17) is 4.74 Å². The van der Waals surface area contributed by atoms with Crippen LogP contribution in [0.3, 0.4) is 0 Å². The Morgan fingerprint density at radius 2 is 2.22 bits per heavy atom. The van der Waals surface area contributed by atoms with Crippen molar-refractivity contribution in [1.82, 2.24) is 5.32 Å². The van der Waals surface area contributed by atoms with Crippen molar-refractivity contribution in [1.29, 1.82) is 0 Å². The van der Waals surface area contributed by atoms with Gasteiger partial charge in [-0.05, 0) is 19.4 Å². The van der Waals surface area contributed by atoms with Crippen LogP contribution in [0, 0.1) is 0 Å². The average Bonchev–Trinajstić information content (AvgIpc) is 1.87. The molecule has 0 unspecified atom stereocenters. The maximum Gasteiger partial charge on any atom is 0.0828 e. The molecule has 2 aliphatic heterocycles. The lowest BCUT2D eigenvalue weighted by Gasteiger charge is -2.44. The number of hydrogen-bond donors (Lipinski definition) is 1. The van der Waals surface area contributed by atoms with Crippen LogP contribution in [0.5, 0.6) is 0 Å². The molecule has 2 aliphatic rings. The van der Waals surface area contributed by atoms with Crippen LogP contribution in [0.15, 0.2) is 0 Å². The van der Waals surface area contributed by atoms with Crippen molar-refractivity contribution in [2.24, 2.45) is 0 Å². The van der Waals surface area contributed by atoms with Crippen molar-refractivity contribution < 1.29 is 4.74 Å². The maximum absolute atomic E-state index is 5.50. The van der Waals surface area contributed by atoms with Crippen molar-refractivity contribution >= 4 is 0 Å². The fraction of sp³-hybridized carbons (Fsp3) is 1.00. The van der Waals surface area contributed by atoms with Gasteiger partial charge in [-0.3, -0.25) is 0 Å². The Hall–Kier alpha value is -0.0800. The molecule has 0 aromatic rings. The van der Waals surface area contributed by atoms with Crippen LogP contribution in [0.2, 0.25) is 0 Å². The summed E-state index contributed by atoms with van der Waals surface area (Å²) >= 11 is 0. The number of hydrogen-bond acceptors (Lipinski definition) is 2. The van der Waals surface area contributed by atoms with Gasteiger partial charge in [0.15, 0.2) is 0 Å². The molecule has 0 saturated carbocycles. The van der Waals surface area contributed by atoms with Gasteiger partial charge >= 0.3 is 0 Å². The highest BCUT2D eigenvalue weighted by Gasteiger charge is 2.38. The molecule has 2 heterocycles. The van der Waals surface area contributed by atoms with E-state index in [9.17, 15) is 0 Å². The van der Waals surface area contributed by atoms with E-state index in [2.05, 4.69) is 5.32 Å². The van der Waals surface area contributed by atoms with E-state index in [1.54, 1.807) is 0 Å². The van der Waals surface area contributed by atoms with Gasteiger partial charge in [0.05, 0.1) is 12.2 Å². The quantitative estimate of drug-likeness (QED) is 0.512. The molecule has 0 aliphatic carbocycles. The Balaban J connectivity index is 1.93. The molecule has 2 rings (SSSR count). The minimum Gasteiger partial charge on any atom is -0.373 e. The van der Waals surface area contributed by atoms with Crippen LogP contribution in [0.4, 0.5) is 0 Å². The summed E-state index contributed by atoms with van der Waals surface area (Å²) in [4.78, 5) is 0. The lowest BCUT2D eigenvalue weighted by molar-refractivity contribution is -0.155. The van der Waals surface area contributed by atoms with Gasteiger partial charge in [0.2, 0.25) is 0 Å². The molecule has 2 saturated heterocycles. The van der Waals surface area contributed by atoms with Crippen molar-refractivity contribution in [3.63, 3.8) is 0 Å². The van der Waals surface area contributed by atoms with Crippen molar-refractivity contribution in [3.8, 4) is 0 Å². The third kappa shape index (κ3) is 0.864. The van der Waals surface area contributed by atoms with E-state index in [-0.39, 0.29) is 5.60 Å². The van der Waals surface area contributed by atoms with Gasteiger partial charge in [-0.1, -0.05) is 0 Å². The summed E-state index contributed by atoms with van der Waals surface area (Å²) in [6, 6.07) is 0. The van der Waals surface area contributed by atoms with Gasteiger partial charge in [-0.15, -0.1) is 0 Å². The van der Waals surface area contributed by atoms with E-state index in [0.29, 0.717) is 0 Å². The SMILES string of the molecule is C1CNC[C@@]2(C1)CCO2. The monoisotopic (exact) mass is 127 g/mol. The van der Waals surface area contributed by atoms with Gasteiger partial charge < -0.3 is 10.1 Å². The first-order valence-electron chi connectivity index (χ1n) is 3.76. The predicted octanol–water partition coefficient (Wildman–Crippen LogP) is 0.529. The fourth-order valence-electron chi connectivity index (χ4n) is 1.67. The molecule has 0 bridgehead atoms. The first kappa shape index (κ1) is 5.69. The highest BCUT2D eigenvalue weighted by Crippen LogP contribution is 2.32. The van der Waals surface area contributed by atoms with Crippen LogP contribution in [-0.4, -0.2) is 25.3 Å². The van der Waals surface area contributed by atoms with E-state index in [1.165, 1.54) is 25.8 Å². The fourth-order valence-corrected chi connectivity index (χ4v) is 1.67. The topological polar surface area (TPSA) is 21.3 Å². The van der Waals surface area contributed by atoms with Crippen LogP contribution >= 0.6 is 0 Å². The molecule has 0 amide bonds. The average molecular weight is 127 g/mol. The van der Waals surface area contributed by atoms with Crippen molar-refractivity contribution in [3.05, 3.63) is 0 Å². The molecule has 1 N–H and O–H groups in total. The zero-order chi connectivity index (χ0) is 6.16. The van der Waals surface area contributed by atoms with Gasteiger partial charge in [0.25, 0.3) is 0 Å². The summed E-state index contributed by atoms with van der Waals surface area (Å²) in [6.07, 6.45) is 3.85. The highest BCUT2D eigenvalue weighted by atomic mass is 16.5. The van der Waals surface area contributed by atoms with Crippen LogP contribution in [-0.2, 0) is 4.74 Å². The third-order valence-electron chi connectivity index (χ3n) is 2.40. The molecule has 2 nitrogen and oxygen atoms in total. The van der Waals surface area contributed by atoms with Crippen molar-refractivity contribution in [2.45, 2.75) is 24.9 Å². The van der Waals surface area contributed by atoms with Gasteiger partial charge in [0.1, 0.15) is 0 Å². The second-order valence-corrected chi connectivity index (χ2v) is 3.06. The minimum absolute atomic E-state index is 0.290. The number of ether oxygens (including phenoxy) is 1. The normalized spacial score (nSPS) is 42.7. The van der Waals surface area contributed by atoms with E-state index < -0.39 is 0 Å². The Morgan fingerprint density at radius 1 is 1.33 bits per heavy atom. The summed E-state index contributed by atoms with van der Waals surface area (Å²) < 4.78 is 5.50. The number of rotatable bonds is 0. The molecular formula is C7H13NO. The summed E-state index contributed by atoms with van der Waals surface area (Å²) in [5.41, 5.74) is 0.290. The Bertz CT molecular complexity index is 101.